The highest BCUT2D eigenvalue weighted by atomic mass is 32.2. The van der Waals surface area contributed by atoms with E-state index in [4.69, 9.17) is 10.5 Å². The van der Waals surface area contributed by atoms with Gasteiger partial charge in [0.25, 0.3) is 0 Å². The molecule has 2 N–H and O–H groups in total. The molecule has 1 saturated heterocycles. The molecule has 12 heavy (non-hydrogen) atoms. The monoisotopic (exact) mass is 193 g/mol. The summed E-state index contributed by atoms with van der Waals surface area (Å²) in [5.74, 6) is 0.537. The summed E-state index contributed by atoms with van der Waals surface area (Å²) in [6.45, 7) is 1.50. The molecule has 0 saturated carbocycles. The molecule has 1 aliphatic rings. The lowest BCUT2D eigenvalue weighted by Crippen LogP contribution is -2.23. The molecule has 1 unspecified atom stereocenters. The van der Waals surface area contributed by atoms with Crippen molar-refractivity contribution in [3.8, 4) is 0 Å². The van der Waals surface area contributed by atoms with Gasteiger partial charge in [-0.2, -0.15) is 0 Å². The summed E-state index contributed by atoms with van der Waals surface area (Å²) in [5, 5.41) is 0. The topological polar surface area (TPSA) is 69.4 Å². The van der Waals surface area contributed by atoms with Crippen LogP contribution in [0.2, 0.25) is 0 Å². The van der Waals surface area contributed by atoms with Gasteiger partial charge < -0.3 is 10.5 Å². The molecule has 1 rings (SSSR count). The van der Waals surface area contributed by atoms with Crippen LogP contribution in [0.4, 0.5) is 0 Å². The second-order valence-corrected chi connectivity index (χ2v) is 5.36. The Morgan fingerprint density at radius 3 is 2.75 bits per heavy atom. The van der Waals surface area contributed by atoms with Crippen molar-refractivity contribution < 1.29 is 13.2 Å². The Morgan fingerprint density at radius 1 is 1.50 bits per heavy atom. The lowest BCUT2D eigenvalue weighted by molar-refractivity contribution is 0.188. The van der Waals surface area contributed by atoms with Crippen LogP contribution >= 0.6 is 0 Å². The molecule has 72 valence electrons. The van der Waals surface area contributed by atoms with Gasteiger partial charge in [-0.05, 0) is 12.3 Å². The fourth-order valence-electron chi connectivity index (χ4n) is 1.34. The Morgan fingerprint density at radius 2 is 2.25 bits per heavy atom. The molecule has 1 aliphatic heterocycles. The van der Waals surface area contributed by atoms with Crippen molar-refractivity contribution in [3.63, 3.8) is 0 Å². The van der Waals surface area contributed by atoms with Crippen LogP contribution < -0.4 is 5.73 Å². The van der Waals surface area contributed by atoms with E-state index in [-0.39, 0.29) is 24.0 Å². The second kappa shape index (κ2) is 4.20. The first-order valence-electron chi connectivity index (χ1n) is 4.12. The van der Waals surface area contributed by atoms with Gasteiger partial charge in [-0.3, -0.25) is 0 Å². The maximum atomic E-state index is 11.3. The SMILES string of the molecule is NCCS(=O)(=O)CC1CCOC1. The number of rotatable bonds is 4. The predicted octanol–water partition coefficient (Wildman–Crippen LogP) is -0.604. The maximum absolute atomic E-state index is 11.3. The molecule has 0 aromatic heterocycles. The van der Waals surface area contributed by atoms with Crippen LogP contribution in [0, 0.1) is 5.92 Å². The number of nitrogens with two attached hydrogens (primary N) is 1. The van der Waals surface area contributed by atoms with Gasteiger partial charge in [-0.15, -0.1) is 0 Å². The largest absolute Gasteiger partial charge is 0.381 e. The van der Waals surface area contributed by atoms with Crippen LogP contribution in [0.25, 0.3) is 0 Å². The summed E-state index contributed by atoms with van der Waals surface area (Å²) in [7, 11) is -2.92. The number of hydrogen-bond acceptors (Lipinski definition) is 4. The summed E-state index contributed by atoms with van der Waals surface area (Å²) < 4.78 is 27.6. The third-order valence-corrected chi connectivity index (χ3v) is 3.78. The van der Waals surface area contributed by atoms with E-state index in [0.29, 0.717) is 13.2 Å². The molecule has 0 radical (unpaired) electrons. The molecule has 0 aromatic rings. The van der Waals surface area contributed by atoms with E-state index in [1.165, 1.54) is 0 Å². The van der Waals surface area contributed by atoms with E-state index in [1.807, 2.05) is 0 Å². The van der Waals surface area contributed by atoms with Crippen LogP contribution in [0.15, 0.2) is 0 Å². The molecule has 5 heteroatoms. The van der Waals surface area contributed by atoms with E-state index < -0.39 is 9.84 Å². The predicted molar refractivity (Wildman–Crippen MR) is 46.6 cm³/mol. The van der Waals surface area contributed by atoms with Crippen molar-refractivity contribution in [1.82, 2.24) is 0 Å². The van der Waals surface area contributed by atoms with Crippen molar-refractivity contribution >= 4 is 9.84 Å². The fourth-order valence-corrected chi connectivity index (χ4v) is 2.84. The van der Waals surface area contributed by atoms with Gasteiger partial charge in [0, 0.05) is 13.2 Å². The number of sulfone groups is 1. The molecule has 0 spiro atoms. The highest BCUT2D eigenvalue weighted by molar-refractivity contribution is 7.91. The molecule has 1 fully saturated rings. The Balaban J connectivity index is 2.38. The average Bonchev–Trinajstić information content (AvgIpc) is 2.38. The van der Waals surface area contributed by atoms with Gasteiger partial charge in [-0.1, -0.05) is 0 Å². The summed E-state index contributed by atoms with van der Waals surface area (Å²) in [5.41, 5.74) is 5.18. The molecule has 0 aromatic carbocycles. The number of ether oxygens (including phenoxy) is 1. The zero-order valence-corrected chi connectivity index (χ0v) is 7.85. The summed E-state index contributed by atoms with van der Waals surface area (Å²) in [6.07, 6.45) is 0.865. The Hall–Kier alpha value is -0.130. The highest BCUT2D eigenvalue weighted by Gasteiger charge is 2.22. The van der Waals surface area contributed by atoms with Crippen LogP contribution in [-0.2, 0) is 14.6 Å². The molecular weight excluding hydrogens is 178 g/mol. The first kappa shape index (κ1) is 9.95. The van der Waals surface area contributed by atoms with Crippen molar-refractivity contribution in [2.24, 2.45) is 11.7 Å². The van der Waals surface area contributed by atoms with Crippen molar-refractivity contribution in [2.75, 3.05) is 31.3 Å². The average molecular weight is 193 g/mol. The maximum Gasteiger partial charge on any atom is 0.151 e. The summed E-state index contributed by atoms with van der Waals surface area (Å²) >= 11 is 0. The molecule has 0 bridgehead atoms. The van der Waals surface area contributed by atoms with Crippen LogP contribution in [-0.4, -0.2) is 39.7 Å². The van der Waals surface area contributed by atoms with Crippen molar-refractivity contribution in [1.29, 1.82) is 0 Å². The number of hydrogen-bond donors (Lipinski definition) is 1. The molecule has 4 nitrogen and oxygen atoms in total. The Bertz CT molecular complexity index is 219. The van der Waals surface area contributed by atoms with Gasteiger partial charge in [0.2, 0.25) is 0 Å². The Kier molecular flexibility index (Phi) is 3.49. The third kappa shape index (κ3) is 3.08. The second-order valence-electron chi connectivity index (χ2n) is 3.13. The first-order valence-corrected chi connectivity index (χ1v) is 5.94. The smallest absolute Gasteiger partial charge is 0.151 e. The van der Waals surface area contributed by atoms with E-state index >= 15 is 0 Å². The minimum atomic E-state index is -2.92. The highest BCUT2D eigenvalue weighted by Crippen LogP contribution is 2.14. The van der Waals surface area contributed by atoms with Crippen molar-refractivity contribution in [2.45, 2.75) is 6.42 Å². The fraction of sp³-hybridized carbons (Fsp3) is 1.00. The lowest BCUT2D eigenvalue weighted by atomic mass is 10.2. The molecule has 0 aliphatic carbocycles. The quantitative estimate of drug-likeness (QED) is 0.647. The van der Waals surface area contributed by atoms with E-state index in [0.717, 1.165) is 6.42 Å². The summed E-state index contributed by atoms with van der Waals surface area (Å²) in [6, 6.07) is 0. The van der Waals surface area contributed by atoms with Gasteiger partial charge in [0.1, 0.15) is 0 Å². The van der Waals surface area contributed by atoms with Crippen molar-refractivity contribution in [3.05, 3.63) is 0 Å². The van der Waals surface area contributed by atoms with Crippen LogP contribution in [0.1, 0.15) is 6.42 Å². The van der Waals surface area contributed by atoms with E-state index in [9.17, 15) is 8.42 Å². The normalized spacial score (nSPS) is 24.6. The van der Waals surface area contributed by atoms with E-state index in [1.54, 1.807) is 0 Å². The molecule has 0 amide bonds. The zero-order chi connectivity index (χ0) is 9.03. The van der Waals surface area contributed by atoms with Crippen LogP contribution in [0.3, 0.4) is 0 Å². The van der Waals surface area contributed by atoms with Gasteiger partial charge in [0.15, 0.2) is 9.84 Å². The standard InChI is InChI=1S/C7H15NO3S/c8-2-4-12(9,10)6-7-1-3-11-5-7/h7H,1-6,8H2. The van der Waals surface area contributed by atoms with E-state index in [2.05, 4.69) is 0 Å². The molecular formula is C7H15NO3S. The first-order chi connectivity index (χ1) is 5.64. The van der Waals surface area contributed by atoms with Crippen LogP contribution in [0.5, 0.6) is 0 Å². The van der Waals surface area contributed by atoms with Gasteiger partial charge in [-0.25, -0.2) is 8.42 Å². The zero-order valence-electron chi connectivity index (χ0n) is 7.03. The van der Waals surface area contributed by atoms with Gasteiger partial charge >= 0.3 is 0 Å². The van der Waals surface area contributed by atoms with Gasteiger partial charge in [0.05, 0.1) is 18.1 Å². The molecule has 1 atom stereocenters. The molecule has 1 heterocycles. The third-order valence-electron chi connectivity index (χ3n) is 1.94. The lowest BCUT2D eigenvalue weighted by Gasteiger charge is -2.06. The Labute approximate surface area is 73.0 Å². The minimum absolute atomic E-state index is 0.101. The summed E-state index contributed by atoms with van der Waals surface area (Å²) in [4.78, 5) is 0. The minimum Gasteiger partial charge on any atom is -0.381 e.